The van der Waals surface area contributed by atoms with Crippen LogP contribution in [0.25, 0.3) is 0 Å². The Labute approximate surface area is 159 Å². The molecule has 1 aliphatic rings. The lowest BCUT2D eigenvalue weighted by Crippen LogP contribution is -2.38. The lowest BCUT2D eigenvalue weighted by atomic mass is 9.98. The van der Waals surface area contributed by atoms with E-state index >= 15 is 0 Å². The molecule has 1 aliphatic heterocycles. The van der Waals surface area contributed by atoms with Gasteiger partial charge in [0.15, 0.2) is 0 Å². The third-order valence-electron chi connectivity index (χ3n) is 4.47. The number of hydrogen-bond acceptors (Lipinski definition) is 7. The zero-order valence-electron chi connectivity index (χ0n) is 15.1. The normalized spacial score (nSPS) is 16.9. The second-order valence-corrected chi connectivity index (χ2v) is 8.04. The summed E-state index contributed by atoms with van der Waals surface area (Å²) in [6.07, 6.45) is -4.20. The van der Waals surface area contributed by atoms with Crippen LogP contribution in [-0.2, 0) is 16.2 Å². The lowest BCUT2D eigenvalue weighted by molar-refractivity contribution is -0.157. The lowest BCUT2D eigenvalue weighted by Gasteiger charge is -2.30. The number of sulfonamides is 1. The van der Waals surface area contributed by atoms with Crippen LogP contribution >= 0.6 is 0 Å². The predicted molar refractivity (Wildman–Crippen MR) is 89.6 cm³/mol. The number of aromatic nitrogens is 2. The topological polar surface area (TPSA) is 94.8 Å². The first-order chi connectivity index (χ1) is 13.2. The number of rotatable bonds is 5. The quantitative estimate of drug-likeness (QED) is 0.733. The molecule has 28 heavy (non-hydrogen) atoms. The summed E-state index contributed by atoms with van der Waals surface area (Å²) in [5.41, 5.74) is 0. The molecule has 154 valence electrons. The molecule has 0 saturated carbocycles. The number of methoxy groups -OCH3 is 2. The van der Waals surface area contributed by atoms with Crippen LogP contribution in [0.2, 0.25) is 0 Å². The van der Waals surface area contributed by atoms with E-state index < -0.39 is 28.0 Å². The molecule has 0 radical (unpaired) electrons. The number of hydrogen-bond donors (Lipinski definition) is 0. The van der Waals surface area contributed by atoms with Crippen molar-refractivity contribution in [3.05, 3.63) is 30.0 Å². The van der Waals surface area contributed by atoms with Gasteiger partial charge in [0.05, 0.1) is 14.2 Å². The summed E-state index contributed by atoms with van der Waals surface area (Å²) in [6, 6.07) is 4.45. The molecule has 1 fully saturated rings. The summed E-state index contributed by atoms with van der Waals surface area (Å²) < 4.78 is 80.0. The molecule has 2 aromatic rings. The number of nitrogens with zero attached hydrogens (tertiary/aromatic N) is 3. The van der Waals surface area contributed by atoms with Gasteiger partial charge in [-0.2, -0.15) is 17.5 Å². The van der Waals surface area contributed by atoms with Crippen LogP contribution in [0.15, 0.2) is 27.5 Å². The van der Waals surface area contributed by atoms with Crippen LogP contribution < -0.4 is 9.47 Å². The van der Waals surface area contributed by atoms with Gasteiger partial charge in [0, 0.05) is 25.1 Å². The highest BCUT2D eigenvalue weighted by Gasteiger charge is 2.40. The molecule has 0 aliphatic carbocycles. The van der Waals surface area contributed by atoms with E-state index in [9.17, 15) is 21.6 Å². The van der Waals surface area contributed by atoms with Gasteiger partial charge in [-0.1, -0.05) is 0 Å². The molecular weight excluding hydrogens is 403 g/mol. The van der Waals surface area contributed by atoms with Crippen LogP contribution in [-0.4, -0.2) is 50.2 Å². The Morgan fingerprint density at radius 3 is 2.36 bits per heavy atom. The first-order valence-corrected chi connectivity index (χ1v) is 9.73. The largest absolute Gasteiger partial charge is 0.497 e. The second kappa shape index (κ2) is 7.59. The van der Waals surface area contributed by atoms with Crippen LogP contribution in [0.4, 0.5) is 13.2 Å². The molecule has 0 amide bonds. The SMILES string of the molecule is COc1ccc(OC)c(S(=O)(=O)N2CCC(c3nnc(C(F)(F)F)o3)CC2)c1. The van der Waals surface area contributed by atoms with E-state index in [4.69, 9.17) is 13.9 Å². The fourth-order valence-corrected chi connectivity index (χ4v) is 4.62. The van der Waals surface area contributed by atoms with Crippen molar-refractivity contribution in [1.82, 2.24) is 14.5 Å². The number of ether oxygens (including phenoxy) is 2. The van der Waals surface area contributed by atoms with Crippen molar-refractivity contribution in [2.24, 2.45) is 0 Å². The summed E-state index contributed by atoms with van der Waals surface area (Å²) in [6.45, 7) is 0.189. The molecule has 0 spiro atoms. The zero-order valence-corrected chi connectivity index (χ0v) is 15.9. The fourth-order valence-electron chi connectivity index (χ4n) is 2.98. The second-order valence-electron chi connectivity index (χ2n) is 6.14. The Kier molecular flexibility index (Phi) is 5.53. The number of alkyl halides is 3. The monoisotopic (exact) mass is 421 g/mol. The van der Waals surface area contributed by atoms with Crippen molar-refractivity contribution in [3.8, 4) is 11.5 Å². The highest BCUT2D eigenvalue weighted by Crippen LogP contribution is 2.36. The van der Waals surface area contributed by atoms with Crippen molar-refractivity contribution in [2.75, 3.05) is 27.3 Å². The van der Waals surface area contributed by atoms with E-state index in [2.05, 4.69) is 10.2 Å². The van der Waals surface area contributed by atoms with E-state index in [1.54, 1.807) is 6.07 Å². The van der Waals surface area contributed by atoms with Gasteiger partial charge in [-0.15, -0.1) is 10.2 Å². The maximum atomic E-state index is 13.0. The maximum absolute atomic E-state index is 13.0. The van der Waals surface area contributed by atoms with Gasteiger partial charge < -0.3 is 13.9 Å². The zero-order chi connectivity index (χ0) is 20.5. The van der Waals surface area contributed by atoms with Crippen molar-refractivity contribution in [3.63, 3.8) is 0 Å². The van der Waals surface area contributed by atoms with Crippen LogP contribution in [0.3, 0.4) is 0 Å². The van der Waals surface area contributed by atoms with Crippen molar-refractivity contribution < 1.29 is 35.5 Å². The molecule has 0 bridgehead atoms. The average Bonchev–Trinajstić information content (AvgIpc) is 3.18. The molecule has 3 rings (SSSR count). The molecule has 0 unspecified atom stereocenters. The molecule has 2 heterocycles. The minimum absolute atomic E-state index is 0.0371. The molecule has 0 atom stereocenters. The molecule has 12 heteroatoms. The van der Waals surface area contributed by atoms with Gasteiger partial charge >= 0.3 is 12.1 Å². The molecule has 8 nitrogen and oxygen atoms in total. The first kappa shape index (κ1) is 20.4. The molecule has 1 aromatic carbocycles. The smallest absolute Gasteiger partial charge is 0.470 e. The van der Waals surface area contributed by atoms with Gasteiger partial charge in [0.25, 0.3) is 0 Å². The van der Waals surface area contributed by atoms with Crippen LogP contribution in [0.5, 0.6) is 11.5 Å². The third kappa shape index (κ3) is 3.92. The third-order valence-corrected chi connectivity index (χ3v) is 6.39. The Morgan fingerprint density at radius 1 is 1.14 bits per heavy atom. The minimum Gasteiger partial charge on any atom is -0.497 e. The standard InChI is InChI=1S/C16H18F3N3O5S/c1-25-11-3-4-12(26-2)13(9-11)28(23,24)22-7-5-10(6-8-22)14-20-21-15(27-14)16(17,18)19/h3-4,9-10H,5-8H2,1-2H3. The van der Waals surface area contributed by atoms with E-state index in [0.29, 0.717) is 5.75 Å². The Bertz CT molecular complexity index is 937. The predicted octanol–water partition coefficient (Wildman–Crippen LogP) is 2.67. The molecule has 1 saturated heterocycles. The van der Waals surface area contributed by atoms with E-state index in [-0.39, 0.29) is 42.5 Å². The summed E-state index contributed by atoms with van der Waals surface area (Å²) >= 11 is 0. The summed E-state index contributed by atoms with van der Waals surface area (Å²) in [7, 11) is -1.10. The Morgan fingerprint density at radius 2 is 1.82 bits per heavy atom. The van der Waals surface area contributed by atoms with Gasteiger partial charge in [-0.05, 0) is 25.0 Å². The van der Waals surface area contributed by atoms with Crippen molar-refractivity contribution in [1.29, 1.82) is 0 Å². The number of halogens is 3. The summed E-state index contributed by atoms with van der Waals surface area (Å²) in [4.78, 5) is -0.0371. The van der Waals surface area contributed by atoms with Gasteiger partial charge in [0.1, 0.15) is 16.4 Å². The van der Waals surface area contributed by atoms with E-state index in [1.807, 2.05) is 0 Å². The molecule has 0 N–H and O–H groups in total. The number of piperidine rings is 1. The van der Waals surface area contributed by atoms with E-state index in [0.717, 1.165) is 0 Å². The van der Waals surface area contributed by atoms with Crippen LogP contribution in [0, 0.1) is 0 Å². The van der Waals surface area contributed by atoms with Gasteiger partial charge in [0.2, 0.25) is 15.9 Å². The summed E-state index contributed by atoms with van der Waals surface area (Å²) in [5, 5.41) is 6.48. The highest BCUT2D eigenvalue weighted by molar-refractivity contribution is 7.89. The van der Waals surface area contributed by atoms with Crippen molar-refractivity contribution in [2.45, 2.75) is 29.8 Å². The molecule has 1 aromatic heterocycles. The highest BCUT2D eigenvalue weighted by atomic mass is 32.2. The van der Waals surface area contributed by atoms with Crippen LogP contribution in [0.1, 0.15) is 30.5 Å². The van der Waals surface area contributed by atoms with E-state index in [1.165, 1.54) is 30.7 Å². The molecular formula is C16H18F3N3O5S. The van der Waals surface area contributed by atoms with Crippen molar-refractivity contribution >= 4 is 10.0 Å². The summed E-state index contributed by atoms with van der Waals surface area (Å²) in [5.74, 6) is -1.45. The maximum Gasteiger partial charge on any atom is 0.470 e. The number of benzene rings is 1. The van der Waals surface area contributed by atoms with Gasteiger partial charge in [-0.3, -0.25) is 0 Å². The Balaban J connectivity index is 1.76. The first-order valence-electron chi connectivity index (χ1n) is 8.29. The average molecular weight is 421 g/mol. The van der Waals surface area contributed by atoms with Gasteiger partial charge in [-0.25, -0.2) is 8.42 Å². The Hall–Kier alpha value is -2.34. The fraction of sp³-hybridized carbons (Fsp3) is 0.500. The minimum atomic E-state index is -4.71.